The maximum absolute atomic E-state index is 12.8. The molecule has 0 saturated carbocycles. The van der Waals surface area contributed by atoms with E-state index in [2.05, 4.69) is 5.32 Å². The first-order valence-corrected chi connectivity index (χ1v) is 5.19. The Morgan fingerprint density at radius 1 is 1.25 bits per heavy atom. The quantitative estimate of drug-likeness (QED) is 0.841. The van der Waals surface area contributed by atoms with Gasteiger partial charge in [-0.3, -0.25) is 4.79 Å². The van der Waals surface area contributed by atoms with Gasteiger partial charge in [-0.2, -0.15) is 0 Å². The van der Waals surface area contributed by atoms with Crippen LogP contribution in [0.3, 0.4) is 0 Å². The van der Waals surface area contributed by atoms with E-state index in [-0.39, 0.29) is 18.4 Å². The molecule has 0 radical (unpaired) electrons. The second-order valence-electron chi connectivity index (χ2n) is 4.15. The highest BCUT2D eigenvalue weighted by Crippen LogP contribution is 2.08. The predicted molar refractivity (Wildman–Crippen MR) is 57.7 cm³/mol. The second kappa shape index (κ2) is 5.58. The SMILES string of the molecule is CC(C)CC(=O)NCc1cc(F)cc(F)c1. The Balaban J connectivity index is 2.51. The van der Waals surface area contributed by atoms with Gasteiger partial charge in [-0.05, 0) is 23.6 Å². The van der Waals surface area contributed by atoms with Crippen molar-refractivity contribution in [1.82, 2.24) is 5.32 Å². The van der Waals surface area contributed by atoms with E-state index < -0.39 is 11.6 Å². The highest BCUT2D eigenvalue weighted by Gasteiger charge is 2.05. The summed E-state index contributed by atoms with van der Waals surface area (Å²) in [6.45, 7) is 4.02. The lowest BCUT2D eigenvalue weighted by Gasteiger charge is -2.07. The van der Waals surface area contributed by atoms with E-state index in [1.165, 1.54) is 12.1 Å². The van der Waals surface area contributed by atoms with Crippen LogP contribution in [0.4, 0.5) is 8.78 Å². The molecule has 0 bridgehead atoms. The summed E-state index contributed by atoms with van der Waals surface area (Å²) in [7, 11) is 0. The Morgan fingerprint density at radius 2 is 1.81 bits per heavy atom. The third-order valence-electron chi connectivity index (χ3n) is 2.01. The largest absolute Gasteiger partial charge is 0.352 e. The van der Waals surface area contributed by atoms with Crippen LogP contribution in [-0.2, 0) is 11.3 Å². The van der Waals surface area contributed by atoms with Crippen molar-refractivity contribution >= 4 is 5.91 Å². The van der Waals surface area contributed by atoms with Crippen LogP contribution in [-0.4, -0.2) is 5.91 Å². The standard InChI is InChI=1S/C12H15F2NO/c1-8(2)3-12(16)15-7-9-4-10(13)6-11(14)5-9/h4-6,8H,3,7H2,1-2H3,(H,15,16). The van der Waals surface area contributed by atoms with Gasteiger partial charge in [-0.1, -0.05) is 13.8 Å². The van der Waals surface area contributed by atoms with E-state index in [1.54, 1.807) is 0 Å². The molecule has 0 heterocycles. The topological polar surface area (TPSA) is 29.1 Å². The molecule has 0 aliphatic rings. The summed E-state index contributed by atoms with van der Waals surface area (Å²) >= 11 is 0. The van der Waals surface area contributed by atoms with Gasteiger partial charge < -0.3 is 5.32 Å². The van der Waals surface area contributed by atoms with Crippen molar-refractivity contribution in [2.75, 3.05) is 0 Å². The van der Waals surface area contributed by atoms with Gasteiger partial charge in [0.25, 0.3) is 0 Å². The summed E-state index contributed by atoms with van der Waals surface area (Å²) in [5, 5.41) is 2.61. The summed E-state index contributed by atoms with van der Waals surface area (Å²) < 4.78 is 25.6. The fourth-order valence-corrected chi connectivity index (χ4v) is 1.36. The van der Waals surface area contributed by atoms with E-state index in [0.29, 0.717) is 12.0 Å². The minimum atomic E-state index is -0.631. The number of rotatable bonds is 4. The average molecular weight is 227 g/mol. The molecule has 16 heavy (non-hydrogen) atoms. The van der Waals surface area contributed by atoms with Crippen molar-refractivity contribution in [3.05, 3.63) is 35.4 Å². The molecule has 1 aromatic carbocycles. The lowest BCUT2D eigenvalue weighted by Crippen LogP contribution is -2.24. The molecule has 1 N–H and O–H groups in total. The zero-order valence-electron chi connectivity index (χ0n) is 9.39. The van der Waals surface area contributed by atoms with Crippen molar-refractivity contribution in [3.63, 3.8) is 0 Å². The summed E-state index contributed by atoms with van der Waals surface area (Å²) in [5.41, 5.74) is 0.426. The molecule has 0 aromatic heterocycles. The number of halogens is 2. The number of carbonyl (C=O) groups is 1. The van der Waals surface area contributed by atoms with Crippen LogP contribution >= 0.6 is 0 Å². The Kier molecular flexibility index (Phi) is 4.40. The molecule has 1 aromatic rings. The van der Waals surface area contributed by atoms with Gasteiger partial charge >= 0.3 is 0 Å². The Bertz CT molecular complexity index is 357. The summed E-state index contributed by atoms with van der Waals surface area (Å²) in [6, 6.07) is 3.22. The lowest BCUT2D eigenvalue weighted by atomic mass is 10.1. The highest BCUT2D eigenvalue weighted by atomic mass is 19.1. The number of carbonyl (C=O) groups excluding carboxylic acids is 1. The van der Waals surface area contributed by atoms with Crippen molar-refractivity contribution in [1.29, 1.82) is 0 Å². The Hall–Kier alpha value is -1.45. The maximum atomic E-state index is 12.8. The van der Waals surface area contributed by atoms with Crippen LogP contribution in [0, 0.1) is 17.6 Å². The van der Waals surface area contributed by atoms with Crippen molar-refractivity contribution < 1.29 is 13.6 Å². The lowest BCUT2D eigenvalue weighted by molar-refractivity contribution is -0.121. The van der Waals surface area contributed by atoms with Crippen LogP contribution in [0.15, 0.2) is 18.2 Å². The third-order valence-corrected chi connectivity index (χ3v) is 2.01. The average Bonchev–Trinajstić information content (AvgIpc) is 2.12. The summed E-state index contributed by atoms with van der Waals surface area (Å²) in [5.74, 6) is -1.11. The zero-order chi connectivity index (χ0) is 12.1. The molecule has 0 atom stereocenters. The molecule has 0 spiro atoms. The van der Waals surface area contributed by atoms with E-state index in [9.17, 15) is 13.6 Å². The summed E-state index contributed by atoms with van der Waals surface area (Å²) in [6.07, 6.45) is 0.414. The van der Waals surface area contributed by atoms with E-state index in [1.807, 2.05) is 13.8 Å². The Labute approximate surface area is 93.7 Å². The van der Waals surface area contributed by atoms with Gasteiger partial charge in [0.2, 0.25) is 5.91 Å². The van der Waals surface area contributed by atoms with Gasteiger partial charge in [0.1, 0.15) is 11.6 Å². The molecule has 0 saturated heterocycles. The molecular weight excluding hydrogens is 212 g/mol. The van der Waals surface area contributed by atoms with Gasteiger partial charge in [-0.25, -0.2) is 8.78 Å². The molecule has 0 aliphatic carbocycles. The van der Waals surface area contributed by atoms with Crippen molar-refractivity contribution in [2.45, 2.75) is 26.8 Å². The van der Waals surface area contributed by atoms with Crippen LogP contribution in [0.25, 0.3) is 0 Å². The number of hydrogen-bond acceptors (Lipinski definition) is 1. The number of hydrogen-bond donors (Lipinski definition) is 1. The molecule has 1 rings (SSSR count). The zero-order valence-corrected chi connectivity index (χ0v) is 9.39. The maximum Gasteiger partial charge on any atom is 0.220 e. The van der Waals surface area contributed by atoms with Crippen molar-refractivity contribution in [2.24, 2.45) is 5.92 Å². The van der Waals surface area contributed by atoms with Gasteiger partial charge in [-0.15, -0.1) is 0 Å². The van der Waals surface area contributed by atoms with Crippen LogP contribution in [0.2, 0.25) is 0 Å². The van der Waals surface area contributed by atoms with Crippen LogP contribution < -0.4 is 5.32 Å². The highest BCUT2D eigenvalue weighted by molar-refractivity contribution is 5.76. The number of benzene rings is 1. The smallest absolute Gasteiger partial charge is 0.220 e. The van der Waals surface area contributed by atoms with Gasteiger partial charge in [0, 0.05) is 19.0 Å². The first kappa shape index (κ1) is 12.6. The summed E-state index contributed by atoms with van der Waals surface area (Å²) in [4.78, 5) is 11.3. The van der Waals surface area contributed by atoms with Gasteiger partial charge in [0.05, 0.1) is 0 Å². The molecular formula is C12H15F2NO. The molecule has 88 valence electrons. The molecule has 0 aliphatic heterocycles. The third kappa shape index (κ3) is 4.38. The normalized spacial score (nSPS) is 10.6. The van der Waals surface area contributed by atoms with Crippen LogP contribution in [0.1, 0.15) is 25.8 Å². The van der Waals surface area contributed by atoms with Crippen molar-refractivity contribution in [3.8, 4) is 0 Å². The first-order chi connectivity index (χ1) is 7.47. The molecule has 0 unspecified atom stereocenters. The van der Waals surface area contributed by atoms with Gasteiger partial charge in [0.15, 0.2) is 0 Å². The molecule has 2 nitrogen and oxygen atoms in total. The fraction of sp³-hybridized carbons (Fsp3) is 0.417. The van der Waals surface area contributed by atoms with E-state index in [0.717, 1.165) is 6.07 Å². The predicted octanol–water partition coefficient (Wildman–Crippen LogP) is 2.63. The molecule has 1 amide bonds. The van der Waals surface area contributed by atoms with Crippen LogP contribution in [0.5, 0.6) is 0 Å². The number of amides is 1. The van der Waals surface area contributed by atoms with E-state index >= 15 is 0 Å². The molecule has 4 heteroatoms. The first-order valence-electron chi connectivity index (χ1n) is 5.19. The second-order valence-corrected chi connectivity index (χ2v) is 4.15. The minimum Gasteiger partial charge on any atom is -0.352 e. The fourth-order valence-electron chi connectivity index (χ4n) is 1.36. The number of nitrogens with one attached hydrogen (secondary N) is 1. The monoisotopic (exact) mass is 227 g/mol. The van der Waals surface area contributed by atoms with E-state index in [4.69, 9.17) is 0 Å². The Morgan fingerprint density at radius 3 is 2.31 bits per heavy atom. The molecule has 0 fully saturated rings. The minimum absolute atomic E-state index is 0.111.